The summed E-state index contributed by atoms with van der Waals surface area (Å²) in [4.78, 5) is 25.4. The Bertz CT molecular complexity index is 1350. The smallest absolute Gasteiger partial charge is 0.315 e. The van der Waals surface area contributed by atoms with Crippen molar-refractivity contribution in [1.29, 1.82) is 0 Å². The summed E-state index contributed by atoms with van der Waals surface area (Å²) >= 11 is 0. The number of hydrogen-bond acceptors (Lipinski definition) is 7. The lowest BCUT2D eigenvalue weighted by Crippen LogP contribution is -2.12. The Morgan fingerprint density at radius 2 is 1.58 bits per heavy atom. The first-order chi connectivity index (χ1) is 16.0. The number of benzene rings is 3. The number of carbonyl (C=O) groups excluding carboxylic acids is 1. The molecule has 0 unspecified atom stereocenters. The molecule has 0 bridgehead atoms. The Balaban J connectivity index is 1.56. The van der Waals surface area contributed by atoms with Crippen molar-refractivity contribution in [3.05, 3.63) is 88.3 Å². The Hall–Kier alpha value is -4.26. The summed E-state index contributed by atoms with van der Waals surface area (Å²) in [7, 11) is 3.10. The lowest BCUT2D eigenvalue weighted by molar-refractivity contribution is -0.133. The molecule has 0 aliphatic rings. The number of methoxy groups -OCH3 is 2. The van der Waals surface area contributed by atoms with E-state index in [1.807, 2.05) is 0 Å². The molecule has 33 heavy (non-hydrogen) atoms. The first-order valence-corrected chi connectivity index (χ1v) is 10.2. The molecular weight excluding hydrogens is 424 g/mol. The summed E-state index contributed by atoms with van der Waals surface area (Å²) in [6.45, 7) is 1.63. The summed E-state index contributed by atoms with van der Waals surface area (Å²) in [5, 5.41) is 0.306. The molecule has 0 N–H and O–H groups in total. The van der Waals surface area contributed by atoms with Crippen LogP contribution in [-0.4, -0.2) is 20.2 Å². The number of para-hydroxylation sites is 2. The molecule has 4 rings (SSSR count). The quantitative estimate of drug-likeness (QED) is 0.290. The predicted octanol–water partition coefficient (Wildman–Crippen LogP) is 5.06. The third-order valence-electron chi connectivity index (χ3n) is 5.01. The molecule has 3 aromatic carbocycles. The van der Waals surface area contributed by atoms with E-state index in [2.05, 4.69) is 0 Å². The highest BCUT2D eigenvalue weighted by atomic mass is 16.5. The zero-order valence-electron chi connectivity index (χ0n) is 18.4. The Morgan fingerprint density at radius 1 is 0.879 bits per heavy atom. The van der Waals surface area contributed by atoms with E-state index in [4.69, 9.17) is 23.4 Å². The zero-order chi connectivity index (χ0) is 23.4. The third-order valence-corrected chi connectivity index (χ3v) is 5.01. The fourth-order valence-corrected chi connectivity index (χ4v) is 3.34. The van der Waals surface area contributed by atoms with Crippen molar-refractivity contribution in [3.63, 3.8) is 0 Å². The first-order valence-electron chi connectivity index (χ1n) is 10.2. The number of hydrogen-bond donors (Lipinski definition) is 0. The number of esters is 1. The van der Waals surface area contributed by atoms with E-state index in [0.29, 0.717) is 34.0 Å². The van der Waals surface area contributed by atoms with Crippen molar-refractivity contribution in [2.24, 2.45) is 0 Å². The highest BCUT2D eigenvalue weighted by Crippen LogP contribution is 2.32. The number of fused-ring (bicyclic) bond motifs is 1. The molecule has 4 aromatic rings. The normalized spacial score (nSPS) is 10.6. The van der Waals surface area contributed by atoms with Gasteiger partial charge in [0, 0.05) is 6.07 Å². The topological polar surface area (TPSA) is 84.2 Å². The van der Waals surface area contributed by atoms with E-state index >= 15 is 0 Å². The molecule has 0 atom stereocenters. The Morgan fingerprint density at radius 3 is 2.27 bits per heavy atom. The monoisotopic (exact) mass is 446 g/mol. The van der Waals surface area contributed by atoms with Crippen LogP contribution in [0.15, 0.2) is 75.9 Å². The fourth-order valence-electron chi connectivity index (χ4n) is 3.34. The van der Waals surface area contributed by atoms with E-state index < -0.39 is 5.97 Å². The minimum Gasteiger partial charge on any atom is -0.497 e. The van der Waals surface area contributed by atoms with Gasteiger partial charge >= 0.3 is 5.97 Å². The van der Waals surface area contributed by atoms with Crippen LogP contribution in [0.3, 0.4) is 0 Å². The summed E-state index contributed by atoms with van der Waals surface area (Å²) in [5.74, 6) is 1.81. The second-order valence-corrected chi connectivity index (χ2v) is 7.23. The second-order valence-electron chi connectivity index (χ2n) is 7.23. The van der Waals surface area contributed by atoms with Crippen molar-refractivity contribution in [1.82, 2.24) is 0 Å². The van der Waals surface area contributed by atoms with Gasteiger partial charge in [-0.2, -0.15) is 0 Å². The van der Waals surface area contributed by atoms with Gasteiger partial charge < -0.3 is 23.4 Å². The van der Waals surface area contributed by atoms with Gasteiger partial charge in [-0.15, -0.1) is 0 Å². The molecule has 1 heterocycles. The Labute approximate surface area is 190 Å². The molecule has 0 spiro atoms. The molecule has 1 aromatic heterocycles. The van der Waals surface area contributed by atoms with Crippen LogP contribution < -0.4 is 24.4 Å². The van der Waals surface area contributed by atoms with Crippen molar-refractivity contribution >= 4 is 16.9 Å². The number of ether oxygens (including phenoxy) is 4. The van der Waals surface area contributed by atoms with Crippen molar-refractivity contribution in [2.45, 2.75) is 13.3 Å². The molecule has 7 nitrogen and oxygen atoms in total. The van der Waals surface area contributed by atoms with Gasteiger partial charge in [-0.25, -0.2) is 0 Å². The van der Waals surface area contributed by atoms with E-state index in [-0.39, 0.29) is 23.3 Å². The third kappa shape index (κ3) is 4.82. The second kappa shape index (κ2) is 9.48. The average molecular weight is 446 g/mol. The van der Waals surface area contributed by atoms with E-state index in [0.717, 1.165) is 5.56 Å². The molecule has 168 valence electrons. The van der Waals surface area contributed by atoms with Gasteiger partial charge in [0.2, 0.25) is 11.2 Å². The summed E-state index contributed by atoms with van der Waals surface area (Å²) in [6, 6.07) is 18.8. The van der Waals surface area contributed by atoms with Gasteiger partial charge in [-0.3, -0.25) is 9.59 Å². The van der Waals surface area contributed by atoms with Crippen LogP contribution in [0.25, 0.3) is 11.0 Å². The van der Waals surface area contributed by atoms with Gasteiger partial charge in [0.05, 0.1) is 26.0 Å². The maximum absolute atomic E-state index is 13.0. The van der Waals surface area contributed by atoms with Gasteiger partial charge in [0.25, 0.3) is 0 Å². The van der Waals surface area contributed by atoms with Crippen LogP contribution in [0.5, 0.6) is 28.7 Å². The molecule has 0 saturated carbocycles. The average Bonchev–Trinajstić information content (AvgIpc) is 2.82. The minimum atomic E-state index is -0.435. The summed E-state index contributed by atoms with van der Waals surface area (Å²) in [6.07, 6.45) is 0.0939. The van der Waals surface area contributed by atoms with Crippen LogP contribution >= 0.6 is 0 Å². The molecule has 7 heteroatoms. The van der Waals surface area contributed by atoms with Gasteiger partial charge in [-0.05, 0) is 48.9 Å². The first kappa shape index (κ1) is 22.0. The van der Waals surface area contributed by atoms with Crippen molar-refractivity contribution in [2.75, 3.05) is 14.2 Å². The maximum atomic E-state index is 13.0. The number of rotatable bonds is 7. The van der Waals surface area contributed by atoms with E-state index in [1.165, 1.54) is 13.2 Å². The highest BCUT2D eigenvalue weighted by Gasteiger charge is 2.17. The van der Waals surface area contributed by atoms with Crippen LogP contribution in [-0.2, 0) is 11.2 Å². The van der Waals surface area contributed by atoms with Crippen LogP contribution in [0.4, 0.5) is 0 Å². The number of carbonyl (C=O) groups is 1. The standard InChI is InChI=1S/C26H22O7/c1-16-26(33-22-7-5-4-6-21(22)30-3)25(28)20-13-12-19(15-23(20)31-16)32-24(27)14-17-8-10-18(29-2)11-9-17/h4-13,15H,14H2,1-3H3. The van der Waals surface area contributed by atoms with Crippen LogP contribution in [0.1, 0.15) is 11.3 Å². The SMILES string of the molecule is COc1ccc(CC(=O)Oc2ccc3c(=O)c(Oc4ccccc4OC)c(C)oc3c2)cc1. The van der Waals surface area contributed by atoms with Crippen LogP contribution in [0.2, 0.25) is 0 Å². The molecule has 0 saturated heterocycles. The minimum absolute atomic E-state index is 0.0660. The largest absolute Gasteiger partial charge is 0.497 e. The van der Waals surface area contributed by atoms with Gasteiger partial charge in [0.1, 0.15) is 22.8 Å². The molecule has 0 aliphatic heterocycles. The molecule has 0 fully saturated rings. The lowest BCUT2D eigenvalue weighted by Gasteiger charge is -2.12. The maximum Gasteiger partial charge on any atom is 0.315 e. The number of aryl methyl sites for hydroxylation is 1. The summed E-state index contributed by atoms with van der Waals surface area (Å²) in [5.41, 5.74) is 0.748. The van der Waals surface area contributed by atoms with E-state index in [9.17, 15) is 9.59 Å². The lowest BCUT2D eigenvalue weighted by atomic mass is 10.1. The highest BCUT2D eigenvalue weighted by molar-refractivity contribution is 5.81. The predicted molar refractivity (Wildman–Crippen MR) is 123 cm³/mol. The van der Waals surface area contributed by atoms with Crippen molar-refractivity contribution in [3.8, 4) is 28.7 Å². The van der Waals surface area contributed by atoms with E-state index in [1.54, 1.807) is 74.7 Å². The molecule has 0 amide bonds. The van der Waals surface area contributed by atoms with Crippen LogP contribution in [0, 0.1) is 6.92 Å². The Kier molecular flexibility index (Phi) is 6.31. The summed E-state index contributed by atoms with van der Waals surface area (Å²) < 4.78 is 27.5. The van der Waals surface area contributed by atoms with Gasteiger partial charge in [0.15, 0.2) is 11.5 Å². The fraction of sp³-hybridized carbons (Fsp3) is 0.154. The molecule has 0 radical (unpaired) electrons. The molecular formula is C26H22O7. The zero-order valence-corrected chi connectivity index (χ0v) is 18.4. The molecule has 0 aliphatic carbocycles. The van der Waals surface area contributed by atoms with Crippen molar-refractivity contribution < 1.29 is 28.2 Å². The van der Waals surface area contributed by atoms with Gasteiger partial charge in [-0.1, -0.05) is 24.3 Å².